The molecule has 0 saturated heterocycles. The predicted molar refractivity (Wildman–Crippen MR) is 76.7 cm³/mol. The number of fused-ring (bicyclic) bond motifs is 1. The molecular formula is C15H20N2O3. The van der Waals surface area contributed by atoms with Gasteiger partial charge < -0.3 is 15.7 Å². The predicted octanol–water partition coefficient (Wildman–Crippen LogP) is 1.33. The van der Waals surface area contributed by atoms with E-state index in [0.29, 0.717) is 6.42 Å². The van der Waals surface area contributed by atoms with Crippen molar-refractivity contribution in [1.82, 2.24) is 0 Å². The van der Waals surface area contributed by atoms with Crippen LogP contribution in [0.2, 0.25) is 0 Å². The van der Waals surface area contributed by atoms with Crippen molar-refractivity contribution in [2.24, 2.45) is 5.73 Å². The zero-order chi connectivity index (χ0) is 14.7. The van der Waals surface area contributed by atoms with Gasteiger partial charge in [0.05, 0.1) is 6.42 Å². The van der Waals surface area contributed by atoms with Crippen molar-refractivity contribution in [3.63, 3.8) is 0 Å². The van der Waals surface area contributed by atoms with E-state index >= 15 is 0 Å². The molecule has 1 aromatic rings. The minimum Gasteiger partial charge on any atom is -0.481 e. The number of carbonyl (C=O) groups is 2. The average Bonchev–Trinajstić information content (AvgIpc) is 2.36. The molecule has 0 spiro atoms. The lowest BCUT2D eigenvalue weighted by Gasteiger charge is -2.29. The molecule has 5 heteroatoms. The van der Waals surface area contributed by atoms with Crippen molar-refractivity contribution < 1.29 is 14.7 Å². The summed E-state index contributed by atoms with van der Waals surface area (Å²) in [7, 11) is 0. The molecule has 5 nitrogen and oxygen atoms in total. The number of rotatable bonds is 4. The maximum atomic E-state index is 11.6. The first-order chi connectivity index (χ1) is 9.47. The molecule has 1 aliphatic heterocycles. The summed E-state index contributed by atoms with van der Waals surface area (Å²) < 4.78 is 0. The molecule has 0 aliphatic carbocycles. The Bertz CT molecular complexity index is 528. The van der Waals surface area contributed by atoms with Crippen molar-refractivity contribution in [2.75, 3.05) is 11.4 Å². The summed E-state index contributed by atoms with van der Waals surface area (Å²) >= 11 is 0. The molecule has 0 saturated carbocycles. The lowest BCUT2D eigenvalue weighted by Crippen LogP contribution is -2.33. The Morgan fingerprint density at radius 1 is 1.45 bits per heavy atom. The summed E-state index contributed by atoms with van der Waals surface area (Å²) in [5, 5.41) is 8.73. The zero-order valence-corrected chi connectivity index (χ0v) is 11.6. The molecule has 1 aliphatic rings. The van der Waals surface area contributed by atoms with Crippen LogP contribution >= 0.6 is 0 Å². The third-order valence-electron chi connectivity index (χ3n) is 3.58. The van der Waals surface area contributed by atoms with Crippen LogP contribution in [-0.2, 0) is 22.4 Å². The highest BCUT2D eigenvalue weighted by Gasteiger charge is 2.20. The van der Waals surface area contributed by atoms with E-state index in [-0.39, 0.29) is 18.4 Å². The number of hydrogen-bond donors (Lipinski definition) is 2. The van der Waals surface area contributed by atoms with E-state index in [1.807, 2.05) is 18.2 Å². The van der Waals surface area contributed by atoms with E-state index in [4.69, 9.17) is 10.8 Å². The molecule has 20 heavy (non-hydrogen) atoms. The van der Waals surface area contributed by atoms with E-state index < -0.39 is 5.97 Å². The number of nitrogens with zero attached hydrogens (tertiary/aromatic N) is 1. The summed E-state index contributed by atoms with van der Waals surface area (Å²) in [6, 6.07) is 5.55. The zero-order valence-electron chi connectivity index (χ0n) is 11.6. The molecule has 0 radical (unpaired) electrons. The Balaban J connectivity index is 2.15. The van der Waals surface area contributed by atoms with Crippen LogP contribution in [0.1, 0.15) is 30.9 Å². The summed E-state index contributed by atoms with van der Waals surface area (Å²) in [4.78, 5) is 24.0. The van der Waals surface area contributed by atoms with Crippen molar-refractivity contribution >= 4 is 17.6 Å². The quantitative estimate of drug-likeness (QED) is 0.869. The molecule has 1 unspecified atom stereocenters. The molecule has 0 bridgehead atoms. The summed E-state index contributed by atoms with van der Waals surface area (Å²) in [5.74, 6) is -0.820. The average molecular weight is 276 g/mol. The molecule has 1 atom stereocenters. The van der Waals surface area contributed by atoms with Crippen LogP contribution in [0.25, 0.3) is 0 Å². The van der Waals surface area contributed by atoms with Gasteiger partial charge in [0.1, 0.15) is 0 Å². The van der Waals surface area contributed by atoms with E-state index in [1.54, 1.807) is 11.8 Å². The Morgan fingerprint density at radius 3 is 2.85 bits per heavy atom. The fraction of sp³-hybridized carbons (Fsp3) is 0.467. The molecule has 1 aromatic carbocycles. The van der Waals surface area contributed by atoms with E-state index in [0.717, 1.165) is 36.2 Å². The van der Waals surface area contributed by atoms with Crippen molar-refractivity contribution in [2.45, 2.75) is 38.6 Å². The van der Waals surface area contributed by atoms with Gasteiger partial charge in [-0.3, -0.25) is 9.59 Å². The summed E-state index contributed by atoms with van der Waals surface area (Å²) in [5.41, 5.74) is 8.96. The highest BCUT2D eigenvalue weighted by molar-refractivity contribution is 5.92. The van der Waals surface area contributed by atoms with E-state index in [2.05, 4.69) is 0 Å². The van der Waals surface area contributed by atoms with Crippen LogP contribution in [0.4, 0.5) is 5.69 Å². The van der Waals surface area contributed by atoms with Gasteiger partial charge in [0, 0.05) is 25.2 Å². The molecule has 2 rings (SSSR count). The molecule has 1 amide bonds. The molecule has 108 valence electrons. The lowest BCUT2D eigenvalue weighted by molar-refractivity contribution is -0.137. The number of carboxylic acids is 1. The first-order valence-corrected chi connectivity index (χ1v) is 6.84. The number of benzene rings is 1. The largest absolute Gasteiger partial charge is 0.481 e. The van der Waals surface area contributed by atoms with Crippen molar-refractivity contribution in [3.05, 3.63) is 29.3 Å². The number of carboxylic acid groups (broad SMARTS) is 1. The first-order valence-electron chi connectivity index (χ1n) is 6.84. The van der Waals surface area contributed by atoms with E-state index in [1.165, 1.54) is 0 Å². The van der Waals surface area contributed by atoms with Gasteiger partial charge in [0.15, 0.2) is 0 Å². The minimum absolute atomic E-state index is 0.0311. The van der Waals surface area contributed by atoms with Gasteiger partial charge in [-0.05, 0) is 36.5 Å². The van der Waals surface area contributed by atoms with Gasteiger partial charge in [-0.1, -0.05) is 12.1 Å². The van der Waals surface area contributed by atoms with Gasteiger partial charge in [-0.2, -0.15) is 0 Å². The standard InChI is InChI=1S/C15H20N2O3/c1-10(18)17-6-2-3-12-7-11(4-5-14(12)17)8-13(16)9-15(19)20/h4-5,7,13H,2-3,6,8-9,16H2,1H3,(H,19,20). The summed E-state index contributed by atoms with van der Waals surface area (Å²) in [6.45, 7) is 2.34. The van der Waals surface area contributed by atoms with Crippen LogP contribution in [-0.4, -0.2) is 29.6 Å². The second kappa shape index (κ2) is 6.05. The number of aryl methyl sites for hydroxylation is 1. The van der Waals surface area contributed by atoms with Crippen molar-refractivity contribution in [1.29, 1.82) is 0 Å². The highest BCUT2D eigenvalue weighted by Crippen LogP contribution is 2.28. The smallest absolute Gasteiger partial charge is 0.304 e. The number of aliphatic carboxylic acids is 1. The second-order valence-corrected chi connectivity index (χ2v) is 5.30. The Kier molecular flexibility index (Phi) is 4.39. The van der Waals surface area contributed by atoms with Gasteiger partial charge >= 0.3 is 5.97 Å². The third kappa shape index (κ3) is 3.36. The van der Waals surface area contributed by atoms with Crippen LogP contribution < -0.4 is 10.6 Å². The Labute approximate surface area is 118 Å². The van der Waals surface area contributed by atoms with Crippen LogP contribution in [0.3, 0.4) is 0 Å². The van der Waals surface area contributed by atoms with Gasteiger partial charge in [0.25, 0.3) is 0 Å². The van der Waals surface area contributed by atoms with Crippen molar-refractivity contribution in [3.8, 4) is 0 Å². The van der Waals surface area contributed by atoms with Gasteiger partial charge in [0.2, 0.25) is 5.91 Å². The molecule has 0 aromatic heterocycles. The third-order valence-corrected chi connectivity index (χ3v) is 3.58. The van der Waals surface area contributed by atoms with Gasteiger partial charge in [-0.15, -0.1) is 0 Å². The highest BCUT2D eigenvalue weighted by atomic mass is 16.4. The van der Waals surface area contributed by atoms with Crippen LogP contribution in [0.5, 0.6) is 0 Å². The number of carbonyl (C=O) groups excluding carboxylic acids is 1. The molecule has 3 N–H and O–H groups in total. The monoisotopic (exact) mass is 276 g/mol. The van der Waals surface area contributed by atoms with E-state index in [9.17, 15) is 9.59 Å². The summed E-state index contributed by atoms with van der Waals surface area (Å²) in [6.07, 6.45) is 2.41. The topological polar surface area (TPSA) is 83.6 Å². The second-order valence-electron chi connectivity index (χ2n) is 5.30. The SMILES string of the molecule is CC(=O)N1CCCc2cc(CC(N)CC(=O)O)ccc21. The normalized spacial score (nSPS) is 15.6. The number of anilines is 1. The van der Waals surface area contributed by atoms with Gasteiger partial charge in [-0.25, -0.2) is 0 Å². The Morgan fingerprint density at radius 2 is 2.20 bits per heavy atom. The molecule has 1 heterocycles. The number of amides is 1. The fourth-order valence-electron chi connectivity index (χ4n) is 2.70. The maximum absolute atomic E-state index is 11.6. The minimum atomic E-state index is -0.877. The van der Waals surface area contributed by atoms with Crippen LogP contribution in [0.15, 0.2) is 18.2 Å². The molecular weight excluding hydrogens is 256 g/mol. The lowest BCUT2D eigenvalue weighted by atomic mass is 9.96. The molecule has 0 fully saturated rings. The Hall–Kier alpha value is -1.88. The van der Waals surface area contributed by atoms with Crippen LogP contribution in [0, 0.1) is 0 Å². The fourth-order valence-corrected chi connectivity index (χ4v) is 2.70. The first kappa shape index (κ1) is 14.5. The number of nitrogens with two attached hydrogens (primary N) is 1. The maximum Gasteiger partial charge on any atom is 0.304 e. The number of hydrogen-bond acceptors (Lipinski definition) is 3.